The van der Waals surface area contributed by atoms with E-state index in [9.17, 15) is 13.2 Å². The Bertz CT molecular complexity index is 586. The van der Waals surface area contributed by atoms with Crippen molar-refractivity contribution in [3.05, 3.63) is 29.8 Å². The zero-order valence-electron chi connectivity index (χ0n) is 10.7. The molecule has 0 aliphatic carbocycles. The lowest BCUT2D eigenvalue weighted by atomic mass is 10.2. The summed E-state index contributed by atoms with van der Waals surface area (Å²) in [6.07, 6.45) is 0.485. The Balaban J connectivity index is 2.26. The maximum absolute atomic E-state index is 12.3. The highest BCUT2D eigenvalue weighted by molar-refractivity contribution is 7.89. The van der Waals surface area contributed by atoms with Gasteiger partial charge < -0.3 is 10.6 Å². The highest BCUT2D eigenvalue weighted by atomic mass is 32.2. The van der Waals surface area contributed by atoms with E-state index in [0.717, 1.165) is 0 Å². The minimum atomic E-state index is -3.72. The number of nitrogens with two attached hydrogens (primary N) is 1. The number of benzene rings is 1. The number of likely N-dealkylation sites (tertiary alicyclic amines) is 1. The Kier molecular flexibility index (Phi) is 3.88. The first-order valence-electron chi connectivity index (χ1n) is 6.01. The number of hydrogen-bond acceptors (Lipinski definition) is 4. The molecule has 1 amide bonds. The van der Waals surface area contributed by atoms with E-state index in [1.54, 1.807) is 25.2 Å². The summed E-state index contributed by atoms with van der Waals surface area (Å²) in [5, 5.41) is 0. The molecule has 0 aromatic heterocycles. The topological polar surface area (TPSA) is 92.5 Å². The van der Waals surface area contributed by atoms with Gasteiger partial charge in [-0.3, -0.25) is 4.79 Å². The Morgan fingerprint density at radius 3 is 2.68 bits per heavy atom. The van der Waals surface area contributed by atoms with E-state index in [4.69, 9.17) is 5.73 Å². The highest BCUT2D eigenvalue weighted by Crippen LogP contribution is 2.17. The number of amides is 1. The summed E-state index contributed by atoms with van der Waals surface area (Å²) >= 11 is 0. The summed E-state index contributed by atoms with van der Waals surface area (Å²) in [4.78, 5) is 13.4. The van der Waals surface area contributed by atoms with E-state index in [0.29, 0.717) is 18.5 Å². The zero-order valence-corrected chi connectivity index (χ0v) is 11.5. The van der Waals surface area contributed by atoms with Crippen LogP contribution in [0.25, 0.3) is 0 Å². The van der Waals surface area contributed by atoms with Gasteiger partial charge in [0.25, 0.3) is 0 Å². The van der Waals surface area contributed by atoms with Crippen molar-refractivity contribution in [2.45, 2.75) is 23.9 Å². The van der Waals surface area contributed by atoms with Crippen molar-refractivity contribution in [1.82, 2.24) is 9.62 Å². The lowest BCUT2D eigenvalue weighted by Crippen LogP contribution is -2.40. The predicted molar refractivity (Wildman–Crippen MR) is 70.7 cm³/mol. The van der Waals surface area contributed by atoms with Gasteiger partial charge in [0, 0.05) is 20.1 Å². The number of nitrogens with zero attached hydrogens (tertiary/aromatic N) is 1. The van der Waals surface area contributed by atoms with Gasteiger partial charge in [-0.1, -0.05) is 18.2 Å². The molecule has 1 aromatic carbocycles. The molecule has 1 aliphatic heterocycles. The molecule has 1 atom stereocenters. The molecular formula is C12H17N3O3S. The Morgan fingerprint density at radius 2 is 2.11 bits per heavy atom. The molecule has 1 unspecified atom stereocenters. The van der Waals surface area contributed by atoms with Crippen LogP contribution in [-0.2, 0) is 21.4 Å². The largest absolute Gasteiger partial charge is 0.344 e. The minimum Gasteiger partial charge on any atom is -0.344 e. The van der Waals surface area contributed by atoms with Gasteiger partial charge in [-0.15, -0.1) is 0 Å². The maximum atomic E-state index is 12.3. The summed E-state index contributed by atoms with van der Waals surface area (Å²) in [6.45, 7) is 0.695. The Morgan fingerprint density at radius 1 is 1.42 bits per heavy atom. The number of likely N-dealkylation sites (N-methyl/N-ethyl adjacent to an activating group) is 1. The molecule has 1 fully saturated rings. The molecule has 0 saturated carbocycles. The van der Waals surface area contributed by atoms with Crippen LogP contribution in [0, 0.1) is 0 Å². The smallest absolute Gasteiger partial charge is 0.241 e. The highest BCUT2D eigenvalue weighted by Gasteiger charge is 2.33. The van der Waals surface area contributed by atoms with Crippen LogP contribution in [0.4, 0.5) is 0 Å². The van der Waals surface area contributed by atoms with Crippen LogP contribution in [0.15, 0.2) is 29.2 Å². The van der Waals surface area contributed by atoms with Crippen LogP contribution in [0.2, 0.25) is 0 Å². The number of hydrogen-bond donors (Lipinski definition) is 2. The summed E-state index contributed by atoms with van der Waals surface area (Å²) in [6, 6.07) is 5.84. The molecule has 19 heavy (non-hydrogen) atoms. The fourth-order valence-corrected chi connectivity index (χ4v) is 3.59. The van der Waals surface area contributed by atoms with Gasteiger partial charge in [-0.05, 0) is 18.1 Å². The number of nitrogens with one attached hydrogen (secondary N) is 1. The Labute approximate surface area is 112 Å². The molecule has 6 nitrogen and oxygen atoms in total. The number of rotatable bonds is 4. The fraction of sp³-hybridized carbons (Fsp3) is 0.417. The predicted octanol–water partition coefficient (Wildman–Crippen LogP) is -0.346. The van der Waals surface area contributed by atoms with Crippen LogP contribution in [0.3, 0.4) is 0 Å². The van der Waals surface area contributed by atoms with Crippen molar-refractivity contribution in [2.75, 3.05) is 13.6 Å². The van der Waals surface area contributed by atoms with Crippen LogP contribution in [0.1, 0.15) is 12.0 Å². The molecule has 0 radical (unpaired) electrons. The van der Waals surface area contributed by atoms with Crippen molar-refractivity contribution in [3.8, 4) is 0 Å². The minimum absolute atomic E-state index is 0.135. The third-order valence-corrected chi connectivity index (χ3v) is 4.78. The second-order valence-corrected chi connectivity index (χ2v) is 6.22. The third-order valence-electron chi connectivity index (χ3n) is 3.21. The molecule has 1 aromatic rings. The SMILES string of the molecule is CN1CCC(NS(=O)(=O)c2ccccc2CN)C1=O. The Hall–Kier alpha value is -1.44. The molecular weight excluding hydrogens is 266 g/mol. The molecule has 0 spiro atoms. The second-order valence-electron chi connectivity index (χ2n) is 4.53. The molecule has 1 heterocycles. The van der Waals surface area contributed by atoms with Crippen molar-refractivity contribution in [1.29, 1.82) is 0 Å². The summed E-state index contributed by atoms with van der Waals surface area (Å²) < 4.78 is 27.0. The van der Waals surface area contributed by atoms with Gasteiger partial charge in [0.05, 0.1) is 4.90 Å². The first-order chi connectivity index (χ1) is 8.95. The van der Waals surface area contributed by atoms with Gasteiger partial charge in [0.2, 0.25) is 15.9 Å². The van der Waals surface area contributed by atoms with E-state index in [1.807, 2.05) is 0 Å². The summed E-state index contributed by atoms with van der Waals surface area (Å²) in [5.74, 6) is -0.200. The van der Waals surface area contributed by atoms with E-state index in [-0.39, 0.29) is 17.3 Å². The molecule has 2 rings (SSSR count). The van der Waals surface area contributed by atoms with E-state index < -0.39 is 16.1 Å². The average Bonchev–Trinajstić information content (AvgIpc) is 2.70. The normalized spacial score (nSPS) is 20.0. The van der Waals surface area contributed by atoms with Crippen molar-refractivity contribution in [3.63, 3.8) is 0 Å². The first kappa shape index (κ1) is 14.0. The summed E-state index contributed by atoms with van der Waals surface area (Å²) in [5.41, 5.74) is 6.07. The van der Waals surface area contributed by atoms with Gasteiger partial charge in [-0.25, -0.2) is 8.42 Å². The molecule has 7 heteroatoms. The van der Waals surface area contributed by atoms with Crippen LogP contribution in [-0.4, -0.2) is 38.9 Å². The second kappa shape index (κ2) is 5.28. The quantitative estimate of drug-likeness (QED) is 0.790. The number of carbonyl (C=O) groups is 1. The third kappa shape index (κ3) is 2.78. The molecule has 0 bridgehead atoms. The summed E-state index contributed by atoms with van der Waals surface area (Å²) in [7, 11) is -2.06. The van der Waals surface area contributed by atoms with Crippen molar-refractivity contribution in [2.24, 2.45) is 5.73 Å². The van der Waals surface area contributed by atoms with E-state index >= 15 is 0 Å². The molecule has 1 aliphatic rings. The average molecular weight is 283 g/mol. The van der Waals surface area contributed by atoms with E-state index in [1.165, 1.54) is 11.0 Å². The van der Waals surface area contributed by atoms with Crippen molar-refractivity contribution < 1.29 is 13.2 Å². The fourth-order valence-electron chi connectivity index (χ4n) is 2.12. The lowest BCUT2D eigenvalue weighted by molar-refractivity contribution is -0.127. The van der Waals surface area contributed by atoms with Gasteiger partial charge in [0.15, 0.2) is 0 Å². The molecule has 1 saturated heterocycles. The standard InChI is InChI=1S/C12H17N3O3S/c1-15-7-6-10(12(15)16)14-19(17,18)11-5-3-2-4-9(11)8-13/h2-5,10,14H,6-8,13H2,1H3. The van der Waals surface area contributed by atoms with E-state index in [2.05, 4.69) is 4.72 Å². The number of carbonyl (C=O) groups excluding carboxylic acids is 1. The van der Waals surface area contributed by atoms with Gasteiger partial charge in [-0.2, -0.15) is 4.72 Å². The monoisotopic (exact) mass is 283 g/mol. The zero-order chi connectivity index (χ0) is 14.0. The van der Waals surface area contributed by atoms with Crippen molar-refractivity contribution >= 4 is 15.9 Å². The van der Waals surface area contributed by atoms with Gasteiger partial charge >= 0.3 is 0 Å². The molecule has 104 valence electrons. The van der Waals surface area contributed by atoms with Crippen LogP contribution in [0.5, 0.6) is 0 Å². The van der Waals surface area contributed by atoms with Gasteiger partial charge in [0.1, 0.15) is 6.04 Å². The number of sulfonamides is 1. The molecule has 3 N–H and O–H groups in total. The van der Waals surface area contributed by atoms with Crippen LogP contribution < -0.4 is 10.5 Å². The first-order valence-corrected chi connectivity index (χ1v) is 7.49. The lowest BCUT2D eigenvalue weighted by Gasteiger charge is -2.14. The van der Waals surface area contributed by atoms with Crippen LogP contribution >= 0.6 is 0 Å². The maximum Gasteiger partial charge on any atom is 0.241 e.